The van der Waals surface area contributed by atoms with Gasteiger partial charge in [0.05, 0.1) is 16.3 Å². The summed E-state index contributed by atoms with van der Waals surface area (Å²) in [6, 6.07) is 4.68. The second kappa shape index (κ2) is 5.69. The van der Waals surface area contributed by atoms with Gasteiger partial charge in [-0.3, -0.25) is 0 Å². The van der Waals surface area contributed by atoms with Crippen LogP contribution in [0.15, 0.2) is 23.1 Å². The van der Waals surface area contributed by atoms with Gasteiger partial charge in [0.2, 0.25) is 0 Å². The molecule has 1 unspecified atom stereocenters. The number of sulfone groups is 2. The van der Waals surface area contributed by atoms with Crippen LogP contribution in [0, 0.1) is 0 Å². The monoisotopic (exact) mass is 350 g/mol. The molecule has 2 rings (SSSR count). The lowest BCUT2D eigenvalue weighted by molar-refractivity contribution is 0.584. The summed E-state index contributed by atoms with van der Waals surface area (Å²) < 4.78 is 47.4. The zero-order chi connectivity index (χ0) is 15.8. The average Bonchev–Trinajstić information content (AvgIpc) is 2.36. The topological polar surface area (TPSA) is 97.5 Å². The smallest absolute Gasteiger partial charge is 0.177 e. The molecule has 2 N–H and O–H groups in total. The number of thioether (sulfide) groups is 1. The quantitative estimate of drug-likeness (QED) is 0.797. The molecule has 0 amide bonds. The fraction of sp³-hybridized carbons (Fsp3) is 0.500. The maximum absolute atomic E-state index is 11.9. The average molecular weight is 350 g/mol. The number of nitrogens with zero attached hydrogens (tertiary/aromatic N) is 1. The number of para-hydroxylation sites is 1. The highest BCUT2D eigenvalue weighted by atomic mass is 32.2. The first kappa shape index (κ1) is 16.4. The van der Waals surface area contributed by atoms with Gasteiger partial charge in [-0.1, -0.05) is 6.07 Å². The summed E-state index contributed by atoms with van der Waals surface area (Å²) in [6.07, 6.45) is 2.27. The second-order valence-electron chi connectivity index (χ2n) is 5.01. The number of rotatable bonds is 3. The summed E-state index contributed by atoms with van der Waals surface area (Å²) in [5.74, 6) is 1.22. The van der Waals surface area contributed by atoms with Gasteiger partial charge in [-0.2, -0.15) is 11.8 Å². The first-order valence-corrected chi connectivity index (χ1v) is 11.2. The van der Waals surface area contributed by atoms with Crippen LogP contribution in [0.2, 0.25) is 0 Å². The maximum Gasteiger partial charge on any atom is 0.177 e. The van der Waals surface area contributed by atoms with Gasteiger partial charge in [-0.05, 0) is 12.1 Å². The fourth-order valence-electron chi connectivity index (χ4n) is 2.32. The van der Waals surface area contributed by atoms with Crippen molar-refractivity contribution >= 4 is 42.8 Å². The Morgan fingerprint density at radius 1 is 1.24 bits per heavy atom. The number of benzene rings is 1. The molecule has 1 aromatic rings. The van der Waals surface area contributed by atoms with Crippen LogP contribution in [0.5, 0.6) is 0 Å². The number of nitrogens with two attached hydrogens (primary N) is 1. The van der Waals surface area contributed by atoms with Crippen LogP contribution in [0.3, 0.4) is 0 Å². The van der Waals surface area contributed by atoms with E-state index in [2.05, 4.69) is 0 Å². The van der Waals surface area contributed by atoms with Crippen molar-refractivity contribution in [3.05, 3.63) is 18.2 Å². The Hall–Kier alpha value is -0.930. The Kier molecular flexibility index (Phi) is 4.46. The van der Waals surface area contributed by atoms with Crippen molar-refractivity contribution in [3.8, 4) is 0 Å². The Balaban J connectivity index is 2.55. The highest BCUT2D eigenvalue weighted by Crippen LogP contribution is 2.34. The number of hydrogen-bond acceptors (Lipinski definition) is 7. The van der Waals surface area contributed by atoms with Crippen LogP contribution in [0.25, 0.3) is 0 Å². The molecule has 0 radical (unpaired) electrons. The van der Waals surface area contributed by atoms with Crippen LogP contribution in [-0.4, -0.2) is 52.8 Å². The van der Waals surface area contributed by atoms with E-state index < -0.39 is 25.0 Å². The number of hydrogen-bond donors (Lipinski definition) is 1. The van der Waals surface area contributed by atoms with Crippen molar-refractivity contribution in [2.45, 2.75) is 10.3 Å². The molecule has 0 bridgehead atoms. The SMILES string of the molecule is CS(=O)(=O)c1cccc(N2CCSCC2S(C)(=O)=O)c1N. The molecule has 0 spiro atoms. The van der Waals surface area contributed by atoms with Gasteiger partial charge < -0.3 is 10.6 Å². The summed E-state index contributed by atoms with van der Waals surface area (Å²) in [7, 11) is -6.74. The third kappa shape index (κ3) is 3.46. The first-order valence-electron chi connectivity index (χ1n) is 6.24. The van der Waals surface area contributed by atoms with Crippen molar-refractivity contribution in [2.24, 2.45) is 0 Å². The molecule has 1 aromatic carbocycles. The summed E-state index contributed by atoms with van der Waals surface area (Å²) in [5, 5.41) is -0.687. The molecule has 6 nitrogen and oxygen atoms in total. The maximum atomic E-state index is 11.9. The number of anilines is 2. The molecule has 1 aliphatic rings. The highest BCUT2D eigenvalue weighted by molar-refractivity contribution is 8.01. The van der Waals surface area contributed by atoms with Crippen molar-refractivity contribution in [2.75, 3.05) is 41.2 Å². The van der Waals surface area contributed by atoms with Gasteiger partial charge >= 0.3 is 0 Å². The van der Waals surface area contributed by atoms with Gasteiger partial charge in [0.25, 0.3) is 0 Å². The standard InChI is InChI=1S/C12H18N2O4S3/c1-20(15,16)10-5-3-4-9(12(10)13)14-6-7-19-8-11(14)21(2,17)18/h3-5,11H,6-8,13H2,1-2H3. The third-order valence-electron chi connectivity index (χ3n) is 3.33. The predicted molar refractivity (Wildman–Crippen MR) is 87.3 cm³/mol. The van der Waals surface area contributed by atoms with E-state index in [0.717, 1.165) is 12.0 Å². The van der Waals surface area contributed by atoms with E-state index in [1.165, 1.54) is 12.3 Å². The van der Waals surface area contributed by atoms with Crippen LogP contribution in [0.1, 0.15) is 0 Å². The molecule has 1 heterocycles. The molecule has 1 fully saturated rings. The number of nitrogen functional groups attached to an aromatic ring is 1. The van der Waals surface area contributed by atoms with Crippen LogP contribution >= 0.6 is 11.8 Å². The minimum atomic E-state index is -3.45. The van der Waals surface area contributed by atoms with E-state index in [-0.39, 0.29) is 10.6 Å². The molecule has 0 aromatic heterocycles. The van der Waals surface area contributed by atoms with Crippen molar-refractivity contribution in [3.63, 3.8) is 0 Å². The summed E-state index contributed by atoms with van der Waals surface area (Å²) >= 11 is 1.56. The summed E-state index contributed by atoms with van der Waals surface area (Å²) in [6.45, 7) is 0.514. The van der Waals surface area contributed by atoms with Crippen LogP contribution in [-0.2, 0) is 19.7 Å². The molecule has 118 valence electrons. The molecular weight excluding hydrogens is 332 g/mol. The van der Waals surface area contributed by atoms with Crippen molar-refractivity contribution < 1.29 is 16.8 Å². The molecule has 0 aliphatic carbocycles. The van der Waals surface area contributed by atoms with Crippen molar-refractivity contribution in [1.82, 2.24) is 0 Å². The molecule has 0 saturated carbocycles. The molecule has 1 aliphatic heterocycles. The lowest BCUT2D eigenvalue weighted by atomic mass is 10.2. The van der Waals surface area contributed by atoms with E-state index >= 15 is 0 Å². The third-order valence-corrected chi connectivity index (χ3v) is 7.13. The van der Waals surface area contributed by atoms with E-state index in [1.54, 1.807) is 28.8 Å². The lowest BCUT2D eigenvalue weighted by Crippen LogP contribution is -2.47. The minimum Gasteiger partial charge on any atom is -0.396 e. The lowest BCUT2D eigenvalue weighted by Gasteiger charge is -2.36. The fourth-order valence-corrected chi connectivity index (χ4v) is 5.98. The molecular formula is C12H18N2O4S3. The van der Waals surface area contributed by atoms with E-state index in [1.807, 2.05) is 0 Å². The minimum absolute atomic E-state index is 0.0328. The highest BCUT2D eigenvalue weighted by Gasteiger charge is 2.32. The Labute approximate surface area is 129 Å². The van der Waals surface area contributed by atoms with E-state index in [9.17, 15) is 16.8 Å². The largest absolute Gasteiger partial charge is 0.396 e. The summed E-state index contributed by atoms with van der Waals surface area (Å²) in [5.41, 5.74) is 6.56. The Bertz CT molecular complexity index is 744. The zero-order valence-corrected chi connectivity index (χ0v) is 14.3. The van der Waals surface area contributed by atoms with Gasteiger partial charge in [0.1, 0.15) is 5.37 Å². The van der Waals surface area contributed by atoms with Crippen LogP contribution < -0.4 is 10.6 Å². The second-order valence-corrected chi connectivity index (χ2v) is 10.4. The zero-order valence-electron chi connectivity index (χ0n) is 11.8. The molecule has 1 atom stereocenters. The van der Waals surface area contributed by atoms with E-state index in [0.29, 0.717) is 18.0 Å². The van der Waals surface area contributed by atoms with Gasteiger partial charge in [0, 0.05) is 30.6 Å². The van der Waals surface area contributed by atoms with Gasteiger partial charge in [-0.15, -0.1) is 0 Å². The first-order chi connectivity index (χ1) is 9.62. The normalized spacial score (nSPS) is 20.5. The Morgan fingerprint density at radius 3 is 2.48 bits per heavy atom. The van der Waals surface area contributed by atoms with Gasteiger partial charge in [0.15, 0.2) is 19.7 Å². The molecule has 1 saturated heterocycles. The van der Waals surface area contributed by atoms with E-state index in [4.69, 9.17) is 5.73 Å². The molecule has 21 heavy (non-hydrogen) atoms. The molecule has 9 heteroatoms. The summed E-state index contributed by atoms with van der Waals surface area (Å²) in [4.78, 5) is 1.72. The van der Waals surface area contributed by atoms with Crippen LogP contribution in [0.4, 0.5) is 11.4 Å². The Morgan fingerprint density at radius 2 is 1.90 bits per heavy atom. The van der Waals surface area contributed by atoms with Crippen molar-refractivity contribution in [1.29, 1.82) is 0 Å². The van der Waals surface area contributed by atoms with Gasteiger partial charge in [-0.25, -0.2) is 16.8 Å². The predicted octanol–water partition coefficient (Wildman–Crippen LogP) is 0.596.